The Kier molecular flexibility index (Phi) is 11.4. The molecule has 4 heterocycles. The lowest BCUT2D eigenvalue weighted by Gasteiger charge is -2.45. The Morgan fingerprint density at radius 1 is 0.635 bits per heavy atom. The molecule has 19 heteroatoms. The molecule has 6 unspecified atom stereocenters. The Morgan fingerprint density at radius 2 is 1.21 bits per heavy atom. The fraction of sp³-hybridized carbons (Fsp3) is 0.545. The molecule has 286 valence electrons. The molecule has 3 saturated heterocycles. The van der Waals surface area contributed by atoms with Gasteiger partial charge in [-0.05, 0) is 31.2 Å². The summed E-state index contributed by atoms with van der Waals surface area (Å²) in [5.41, 5.74) is -0.455. The van der Waals surface area contributed by atoms with Crippen LogP contribution < -0.4 is 14.9 Å². The van der Waals surface area contributed by atoms with Crippen LogP contribution in [0.15, 0.2) is 51.7 Å². The van der Waals surface area contributed by atoms with Crippen LogP contribution >= 0.6 is 0 Å². The largest absolute Gasteiger partial charge is 0.507 e. The molecular weight excluding hydrogens is 700 g/mol. The van der Waals surface area contributed by atoms with Crippen LogP contribution in [-0.2, 0) is 18.9 Å². The van der Waals surface area contributed by atoms with Crippen molar-refractivity contribution in [2.75, 3.05) is 13.2 Å². The van der Waals surface area contributed by atoms with Gasteiger partial charge in [-0.15, -0.1) is 0 Å². The highest BCUT2D eigenvalue weighted by Gasteiger charge is 2.51. The van der Waals surface area contributed by atoms with Gasteiger partial charge in [0.1, 0.15) is 95.0 Å². The fourth-order valence-electron chi connectivity index (χ4n) is 6.16. The van der Waals surface area contributed by atoms with Crippen molar-refractivity contribution in [2.45, 2.75) is 99.0 Å². The maximum atomic E-state index is 13.1. The fourth-order valence-corrected chi connectivity index (χ4v) is 6.16. The zero-order valence-corrected chi connectivity index (χ0v) is 27.3. The zero-order valence-electron chi connectivity index (χ0n) is 27.3. The Bertz CT molecular complexity index is 1730. The molecular formula is C33H40O19. The lowest BCUT2D eigenvalue weighted by atomic mass is 9.97. The molecule has 52 heavy (non-hydrogen) atoms. The number of hydrogen-bond donors (Lipinski definition) is 11. The van der Waals surface area contributed by atoms with E-state index in [0.29, 0.717) is 5.56 Å². The predicted molar refractivity (Wildman–Crippen MR) is 170 cm³/mol. The lowest BCUT2D eigenvalue weighted by molar-refractivity contribution is -0.354. The number of phenolic OH excluding ortho intramolecular Hbond substituents is 1. The van der Waals surface area contributed by atoms with Crippen molar-refractivity contribution in [1.29, 1.82) is 0 Å². The van der Waals surface area contributed by atoms with Gasteiger partial charge >= 0.3 is 0 Å². The van der Waals surface area contributed by atoms with Crippen molar-refractivity contribution in [3.05, 3.63) is 52.7 Å². The number of aliphatic hydroxyl groups excluding tert-OH is 10. The second-order valence-electron chi connectivity index (χ2n) is 12.7. The topological polar surface area (TPSA) is 308 Å². The van der Waals surface area contributed by atoms with Crippen molar-refractivity contribution in [3.63, 3.8) is 0 Å². The number of fused-ring (bicyclic) bond motifs is 1. The SMILES string of the molecule is CC1O[C@@H](OC2[C@H](Oc3cc(O)c4c(=O)cc(-c5ccc(O[C@@H]6O[C@@H](CO)[C@@H](O)C(O)C6O)cc5)oc4c3)OC(CO)[C@@H](O)[C@@H]2O)C(O)[C@@H](O)[C@H]1O. The molecule has 11 N–H and O–H groups in total. The van der Waals surface area contributed by atoms with E-state index in [9.17, 15) is 61.0 Å². The Hall–Kier alpha value is -3.51. The number of benzene rings is 2. The van der Waals surface area contributed by atoms with Crippen molar-refractivity contribution in [1.82, 2.24) is 0 Å². The molecule has 0 bridgehead atoms. The normalized spacial score (nSPS) is 38.2. The highest BCUT2D eigenvalue weighted by atomic mass is 16.8. The third-order valence-electron chi connectivity index (χ3n) is 9.20. The summed E-state index contributed by atoms with van der Waals surface area (Å²) >= 11 is 0. The summed E-state index contributed by atoms with van der Waals surface area (Å²) in [5, 5.41) is 112. The molecule has 0 radical (unpaired) electrons. The van der Waals surface area contributed by atoms with E-state index in [1.807, 2.05) is 0 Å². The number of hydrogen-bond acceptors (Lipinski definition) is 19. The molecule has 0 amide bonds. The molecule has 0 spiro atoms. The molecule has 2 aromatic carbocycles. The molecule has 6 rings (SSSR count). The molecule has 3 fully saturated rings. The molecule has 3 aliphatic heterocycles. The minimum atomic E-state index is -1.81. The maximum Gasteiger partial charge on any atom is 0.229 e. The first kappa shape index (κ1) is 38.2. The van der Waals surface area contributed by atoms with E-state index < -0.39 is 117 Å². The Labute approximate surface area is 293 Å². The van der Waals surface area contributed by atoms with E-state index in [2.05, 4.69) is 0 Å². The van der Waals surface area contributed by atoms with Crippen molar-refractivity contribution in [3.8, 4) is 28.6 Å². The summed E-state index contributed by atoms with van der Waals surface area (Å²) in [4.78, 5) is 13.1. The first-order chi connectivity index (χ1) is 24.7. The summed E-state index contributed by atoms with van der Waals surface area (Å²) in [5.74, 6) is -0.587. The van der Waals surface area contributed by atoms with Gasteiger partial charge < -0.3 is 89.0 Å². The number of aromatic hydroxyl groups is 1. The molecule has 0 aliphatic carbocycles. The Morgan fingerprint density at radius 3 is 1.87 bits per heavy atom. The van der Waals surface area contributed by atoms with Gasteiger partial charge in [0.25, 0.3) is 0 Å². The standard InChI is InChI=1S/C33H40O19/c1-11-22(38)25(41)28(44)31(46-11)52-30-27(43)24(40)20(10-35)51-33(30)48-14-6-15(36)21-16(37)8-17(49-18(21)7-14)12-2-4-13(5-3-12)47-32-29(45)26(42)23(39)19(9-34)50-32/h2-8,11,19-20,22-36,38-45H,9-10H2,1H3/t11?,19-,20?,22-,23+,24+,25-,26?,27-,28?,29?,30?,31-,32+,33+/m0/s1. The van der Waals surface area contributed by atoms with Crippen LogP contribution in [0.4, 0.5) is 0 Å². The van der Waals surface area contributed by atoms with Crippen LogP contribution in [0.3, 0.4) is 0 Å². The van der Waals surface area contributed by atoms with E-state index in [4.69, 9.17) is 32.8 Å². The number of rotatable bonds is 9. The summed E-state index contributed by atoms with van der Waals surface area (Å²) in [6.45, 7) is 0.00276. The quantitative estimate of drug-likeness (QED) is 0.101. The van der Waals surface area contributed by atoms with Gasteiger partial charge in [0.2, 0.25) is 12.6 Å². The number of aliphatic hydroxyl groups is 10. The average Bonchev–Trinajstić information content (AvgIpc) is 3.12. The van der Waals surface area contributed by atoms with Crippen LogP contribution in [-0.4, -0.2) is 162 Å². The van der Waals surface area contributed by atoms with Crippen molar-refractivity contribution in [2.24, 2.45) is 0 Å². The van der Waals surface area contributed by atoms with E-state index in [0.717, 1.165) is 12.1 Å². The first-order valence-corrected chi connectivity index (χ1v) is 16.2. The highest BCUT2D eigenvalue weighted by Crippen LogP contribution is 2.35. The average molecular weight is 741 g/mol. The van der Waals surface area contributed by atoms with Gasteiger partial charge in [0.05, 0.1) is 19.3 Å². The summed E-state index contributed by atoms with van der Waals surface area (Å²) in [7, 11) is 0. The molecule has 15 atom stereocenters. The second kappa shape index (κ2) is 15.5. The predicted octanol–water partition coefficient (Wildman–Crippen LogP) is -3.63. The van der Waals surface area contributed by atoms with Crippen LogP contribution in [0.5, 0.6) is 17.2 Å². The van der Waals surface area contributed by atoms with E-state index in [1.165, 1.54) is 37.3 Å². The van der Waals surface area contributed by atoms with E-state index >= 15 is 0 Å². The van der Waals surface area contributed by atoms with Crippen molar-refractivity contribution >= 4 is 11.0 Å². The monoisotopic (exact) mass is 740 g/mol. The zero-order chi connectivity index (χ0) is 37.6. The first-order valence-electron chi connectivity index (χ1n) is 16.2. The van der Waals surface area contributed by atoms with Gasteiger partial charge in [-0.3, -0.25) is 4.79 Å². The Balaban J connectivity index is 1.24. The third kappa shape index (κ3) is 7.34. The molecule has 0 saturated carbocycles. The van der Waals surface area contributed by atoms with Crippen LogP contribution in [0.1, 0.15) is 6.92 Å². The summed E-state index contributed by atoms with van der Waals surface area (Å²) in [6.07, 6.45) is -23.2. The summed E-state index contributed by atoms with van der Waals surface area (Å²) in [6, 6.07) is 9.23. The number of ether oxygens (including phenoxy) is 6. The van der Waals surface area contributed by atoms with Gasteiger partial charge in [0.15, 0.2) is 17.8 Å². The number of phenols is 1. The van der Waals surface area contributed by atoms with E-state index in [1.54, 1.807) is 0 Å². The smallest absolute Gasteiger partial charge is 0.229 e. The minimum absolute atomic E-state index is 0.0285. The van der Waals surface area contributed by atoms with Crippen LogP contribution in [0.2, 0.25) is 0 Å². The van der Waals surface area contributed by atoms with Gasteiger partial charge in [-0.1, -0.05) is 0 Å². The van der Waals surface area contributed by atoms with Gasteiger partial charge in [-0.2, -0.15) is 0 Å². The van der Waals surface area contributed by atoms with Gasteiger partial charge in [0, 0.05) is 23.8 Å². The highest BCUT2D eigenvalue weighted by molar-refractivity contribution is 5.86. The molecule has 3 aromatic rings. The maximum absolute atomic E-state index is 13.1. The van der Waals surface area contributed by atoms with Crippen molar-refractivity contribution < 1.29 is 89.0 Å². The van der Waals surface area contributed by atoms with Gasteiger partial charge in [-0.25, -0.2) is 0 Å². The van der Waals surface area contributed by atoms with Crippen LogP contribution in [0.25, 0.3) is 22.3 Å². The lowest BCUT2D eigenvalue weighted by Crippen LogP contribution is -2.64. The molecule has 19 nitrogen and oxygen atoms in total. The third-order valence-corrected chi connectivity index (χ3v) is 9.20. The second-order valence-corrected chi connectivity index (χ2v) is 12.7. The van der Waals surface area contributed by atoms with Crippen LogP contribution in [0, 0.1) is 0 Å². The minimum Gasteiger partial charge on any atom is -0.507 e. The van der Waals surface area contributed by atoms with E-state index in [-0.39, 0.29) is 28.2 Å². The molecule has 3 aliphatic rings. The summed E-state index contributed by atoms with van der Waals surface area (Å²) < 4.78 is 39.6. The molecule has 1 aromatic heterocycles.